The van der Waals surface area contributed by atoms with Gasteiger partial charge in [-0.3, -0.25) is 0 Å². The number of hydrogen-bond donors (Lipinski definition) is 3. The first-order valence-corrected chi connectivity index (χ1v) is 4.68. The summed E-state index contributed by atoms with van der Waals surface area (Å²) in [7, 11) is 0. The van der Waals surface area contributed by atoms with E-state index < -0.39 is 0 Å². The summed E-state index contributed by atoms with van der Waals surface area (Å²) in [6.07, 6.45) is 2.18. The van der Waals surface area contributed by atoms with Crippen LogP contribution in [0.25, 0.3) is 0 Å². The van der Waals surface area contributed by atoms with Crippen molar-refractivity contribution in [2.75, 3.05) is 0 Å². The van der Waals surface area contributed by atoms with Gasteiger partial charge >= 0.3 is 0 Å². The van der Waals surface area contributed by atoms with E-state index >= 15 is 0 Å². The zero-order chi connectivity index (χ0) is 10.5. The zero-order valence-electron chi connectivity index (χ0n) is 8.96. The highest BCUT2D eigenvalue weighted by Gasteiger charge is 2.20. The van der Waals surface area contributed by atoms with E-state index in [4.69, 9.17) is 10.9 Å². The van der Waals surface area contributed by atoms with Crippen LogP contribution in [0.3, 0.4) is 0 Å². The third kappa shape index (κ3) is 4.72. The normalized spacial score (nSPS) is 15.8. The maximum Gasteiger partial charge on any atom is 0.156 e. The fourth-order valence-electron chi connectivity index (χ4n) is 1.44. The van der Waals surface area contributed by atoms with Crippen LogP contribution in [-0.2, 0) is 0 Å². The van der Waals surface area contributed by atoms with E-state index in [1.807, 2.05) is 6.92 Å². The van der Waals surface area contributed by atoms with Crippen LogP contribution in [0.15, 0.2) is 5.16 Å². The standard InChI is InChI=1S/C9H21N3O/c1-5-6-9(3,4)11-7(2)8(10)12-13/h7,11,13H,5-6H2,1-4H3,(H2,10,12). The summed E-state index contributed by atoms with van der Waals surface area (Å²) in [5, 5.41) is 14.7. The Balaban J connectivity index is 4.10. The van der Waals surface area contributed by atoms with Crippen LogP contribution in [0.2, 0.25) is 0 Å². The van der Waals surface area contributed by atoms with Gasteiger partial charge < -0.3 is 16.3 Å². The first kappa shape index (κ1) is 12.2. The first-order chi connectivity index (χ1) is 5.93. The summed E-state index contributed by atoms with van der Waals surface area (Å²) in [5.41, 5.74) is 5.49. The molecule has 1 atom stereocenters. The van der Waals surface area contributed by atoms with Gasteiger partial charge in [0.15, 0.2) is 5.84 Å². The van der Waals surface area contributed by atoms with Gasteiger partial charge in [0.05, 0.1) is 6.04 Å². The molecule has 0 aliphatic heterocycles. The molecule has 0 rings (SSSR count). The Morgan fingerprint density at radius 2 is 2.15 bits per heavy atom. The summed E-state index contributed by atoms with van der Waals surface area (Å²) in [6.45, 7) is 8.24. The summed E-state index contributed by atoms with van der Waals surface area (Å²) >= 11 is 0. The molecule has 1 unspecified atom stereocenters. The number of oxime groups is 1. The van der Waals surface area contributed by atoms with Gasteiger partial charge in [-0.15, -0.1) is 0 Å². The van der Waals surface area contributed by atoms with Gasteiger partial charge in [-0.1, -0.05) is 18.5 Å². The first-order valence-electron chi connectivity index (χ1n) is 4.68. The zero-order valence-corrected chi connectivity index (χ0v) is 8.96. The van der Waals surface area contributed by atoms with Gasteiger partial charge in [-0.2, -0.15) is 0 Å². The predicted molar refractivity (Wildman–Crippen MR) is 55.0 cm³/mol. The maximum absolute atomic E-state index is 8.45. The Morgan fingerprint density at radius 3 is 2.54 bits per heavy atom. The molecule has 4 nitrogen and oxygen atoms in total. The Kier molecular flexibility index (Phi) is 4.77. The molecule has 0 heterocycles. The molecule has 0 fully saturated rings. The van der Waals surface area contributed by atoms with Crippen molar-refractivity contribution in [3.05, 3.63) is 0 Å². The van der Waals surface area contributed by atoms with Crippen molar-refractivity contribution in [1.29, 1.82) is 0 Å². The number of hydrogen-bond acceptors (Lipinski definition) is 3. The van der Waals surface area contributed by atoms with E-state index in [-0.39, 0.29) is 17.4 Å². The molecule has 4 N–H and O–H groups in total. The monoisotopic (exact) mass is 187 g/mol. The largest absolute Gasteiger partial charge is 0.409 e. The highest BCUT2D eigenvalue weighted by molar-refractivity contribution is 5.84. The average Bonchev–Trinajstić information content (AvgIpc) is 2.01. The fourth-order valence-corrected chi connectivity index (χ4v) is 1.44. The SMILES string of the molecule is CCCC(C)(C)NC(C)C(N)=NO. The van der Waals surface area contributed by atoms with Crippen molar-refractivity contribution in [3.63, 3.8) is 0 Å². The molecule has 0 aliphatic rings. The molecule has 13 heavy (non-hydrogen) atoms. The summed E-state index contributed by atoms with van der Waals surface area (Å²) < 4.78 is 0. The molecule has 78 valence electrons. The number of nitrogens with one attached hydrogen (secondary N) is 1. The molecule has 4 heteroatoms. The van der Waals surface area contributed by atoms with Crippen LogP contribution >= 0.6 is 0 Å². The molecule has 0 spiro atoms. The van der Waals surface area contributed by atoms with E-state index in [2.05, 4.69) is 31.2 Å². The van der Waals surface area contributed by atoms with Crippen LogP contribution in [0.1, 0.15) is 40.5 Å². The topological polar surface area (TPSA) is 70.6 Å². The molecule has 0 radical (unpaired) electrons. The molecule has 0 saturated carbocycles. The molecular formula is C9H21N3O. The van der Waals surface area contributed by atoms with E-state index in [1.165, 1.54) is 0 Å². The molecule has 0 bridgehead atoms. The van der Waals surface area contributed by atoms with Crippen molar-refractivity contribution in [2.24, 2.45) is 10.9 Å². The van der Waals surface area contributed by atoms with Gasteiger partial charge in [-0.25, -0.2) is 0 Å². The van der Waals surface area contributed by atoms with Crippen molar-refractivity contribution in [2.45, 2.75) is 52.1 Å². The Bertz CT molecular complexity index is 178. The van der Waals surface area contributed by atoms with Crippen LogP contribution < -0.4 is 11.1 Å². The molecule has 0 aromatic heterocycles. The lowest BCUT2D eigenvalue weighted by molar-refractivity contribution is 0.307. The number of amidine groups is 1. The molecule has 0 aromatic rings. The molecule has 0 aromatic carbocycles. The Labute approximate surface area is 80.2 Å². The average molecular weight is 187 g/mol. The summed E-state index contributed by atoms with van der Waals surface area (Å²) in [4.78, 5) is 0. The molecular weight excluding hydrogens is 166 g/mol. The highest BCUT2D eigenvalue weighted by Crippen LogP contribution is 2.11. The van der Waals surface area contributed by atoms with Crippen molar-refractivity contribution in [3.8, 4) is 0 Å². The smallest absolute Gasteiger partial charge is 0.156 e. The van der Waals surface area contributed by atoms with E-state index in [0.29, 0.717) is 0 Å². The van der Waals surface area contributed by atoms with Crippen molar-refractivity contribution < 1.29 is 5.21 Å². The Morgan fingerprint density at radius 1 is 1.62 bits per heavy atom. The van der Waals surface area contributed by atoms with Crippen LogP contribution in [0, 0.1) is 0 Å². The number of nitrogens with two attached hydrogens (primary N) is 1. The van der Waals surface area contributed by atoms with Crippen LogP contribution in [-0.4, -0.2) is 22.6 Å². The van der Waals surface area contributed by atoms with Gasteiger partial charge in [0, 0.05) is 5.54 Å². The lowest BCUT2D eigenvalue weighted by atomic mass is 9.98. The minimum atomic E-state index is -0.0912. The second kappa shape index (κ2) is 5.07. The lowest BCUT2D eigenvalue weighted by Gasteiger charge is -2.29. The minimum Gasteiger partial charge on any atom is -0.409 e. The van der Waals surface area contributed by atoms with Crippen LogP contribution in [0.4, 0.5) is 0 Å². The Hall–Kier alpha value is -0.770. The van der Waals surface area contributed by atoms with Gasteiger partial charge in [0.25, 0.3) is 0 Å². The molecule has 0 amide bonds. The fraction of sp³-hybridized carbons (Fsp3) is 0.889. The van der Waals surface area contributed by atoms with Gasteiger partial charge in [-0.05, 0) is 27.2 Å². The summed E-state index contributed by atoms with van der Waals surface area (Å²) in [5.74, 6) is 0.226. The third-order valence-electron chi connectivity index (χ3n) is 2.04. The van der Waals surface area contributed by atoms with E-state index in [1.54, 1.807) is 0 Å². The predicted octanol–water partition coefficient (Wildman–Crippen LogP) is 1.29. The third-order valence-corrected chi connectivity index (χ3v) is 2.04. The van der Waals surface area contributed by atoms with Gasteiger partial charge in [0.1, 0.15) is 0 Å². The number of rotatable bonds is 5. The lowest BCUT2D eigenvalue weighted by Crippen LogP contribution is -2.50. The molecule has 0 aliphatic carbocycles. The second-order valence-corrected chi connectivity index (χ2v) is 4.02. The van der Waals surface area contributed by atoms with Gasteiger partial charge in [0.2, 0.25) is 0 Å². The highest BCUT2D eigenvalue weighted by atomic mass is 16.4. The maximum atomic E-state index is 8.45. The van der Waals surface area contributed by atoms with Crippen molar-refractivity contribution in [1.82, 2.24) is 5.32 Å². The second-order valence-electron chi connectivity index (χ2n) is 4.02. The van der Waals surface area contributed by atoms with Crippen molar-refractivity contribution >= 4 is 5.84 Å². The quantitative estimate of drug-likeness (QED) is 0.263. The molecule has 0 saturated heterocycles. The minimum absolute atomic E-state index is 0.0312. The summed E-state index contributed by atoms with van der Waals surface area (Å²) in [6, 6.07) is -0.0912. The van der Waals surface area contributed by atoms with E-state index in [9.17, 15) is 0 Å². The van der Waals surface area contributed by atoms with E-state index in [0.717, 1.165) is 12.8 Å². The number of nitrogens with zero attached hydrogens (tertiary/aromatic N) is 1. The van der Waals surface area contributed by atoms with Crippen LogP contribution in [0.5, 0.6) is 0 Å².